The maximum absolute atomic E-state index is 14.3. The van der Waals surface area contributed by atoms with Crippen molar-refractivity contribution in [3.63, 3.8) is 0 Å². The fraction of sp³-hybridized carbons (Fsp3) is 0.531. The molecular formula is C32H42N2O5. The van der Waals surface area contributed by atoms with Crippen molar-refractivity contribution in [1.82, 2.24) is 10.2 Å². The molecule has 2 aromatic rings. The molecule has 0 bridgehead atoms. The van der Waals surface area contributed by atoms with Crippen molar-refractivity contribution in [2.24, 2.45) is 5.92 Å². The molecule has 0 radical (unpaired) electrons. The summed E-state index contributed by atoms with van der Waals surface area (Å²) in [6, 6.07) is 15.8. The van der Waals surface area contributed by atoms with Crippen LogP contribution in [0.2, 0.25) is 0 Å². The highest BCUT2D eigenvalue weighted by molar-refractivity contribution is 5.96. The Morgan fingerprint density at radius 2 is 1.69 bits per heavy atom. The van der Waals surface area contributed by atoms with Crippen molar-refractivity contribution in [2.75, 3.05) is 26.3 Å². The van der Waals surface area contributed by atoms with Crippen molar-refractivity contribution in [2.45, 2.75) is 77.4 Å². The number of ether oxygens (including phenoxy) is 2. The van der Waals surface area contributed by atoms with Crippen molar-refractivity contribution in [3.05, 3.63) is 70.8 Å². The van der Waals surface area contributed by atoms with Crippen LogP contribution in [-0.4, -0.2) is 60.1 Å². The van der Waals surface area contributed by atoms with Crippen LogP contribution >= 0.6 is 0 Å². The second-order valence-electron chi connectivity index (χ2n) is 12.2. The van der Waals surface area contributed by atoms with Gasteiger partial charge >= 0.3 is 6.09 Å². The Balaban J connectivity index is 1.61. The van der Waals surface area contributed by atoms with Gasteiger partial charge in [0, 0.05) is 57.0 Å². The van der Waals surface area contributed by atoms with Gasteiger partial charge in [0.25, 0.3) is 0 Å². The van der Waals surface area contributed by atoms with E-state index in [0.29, 0.717) is 51.1 Å². The number of piperidine rings is 1. The number of hydrogen-bond acceptors (Lipinski definition) is 5. The number of hydrogen-bond donors (Lipinski definition) is 1. The fourth-order valence-corrected chi connectivity index (χ4v) is 5.70. The first-order valence-corrected chi connectivity index (χ1v) is 14.0. The fourth-order valence-electron chi connectivity index (χ4n) is 5.70. The van der Waals surface area contributed by atoms with Crippen molar-refractivity contribution >= 4 is 17.8 Å². The molecule has 7 heteroatoms. The van der Waals surface area contributed by atoms with E-state index in [9.17, 15) is 14.4 Å². The van der Waals surface area contributed by atoms with Gasteiger partial charge in [0.1, 0.15) is 11.1 Å². The normalized spacial score (nSPS) is 21.2. The number of nitrogens with zero attached hydrogens (tertiary/aromatic N) is 1. The van der Waals surface area contributed by atoms with Crippen LogP contribution < -0.4 is 5.32 Å². The molecule has 0 aliphatic carbocycles. The Labute approximate surface area is 232 Å². The van der Waals surface area contributed by atoms with Crippen LogP contribution in [0.25, 0.3) is 0 Å². The number of likely N-dealkylation sites (tertiary alicyclic amines) is 1. The summed E-state index contributed by atoms with van der Waals surface area (Å²) < 4.78 is 11.1. The summed E-state index contributed by atoms with van der Waals surface area (Å²) in [6.45, 7) is 11.4. The number of ketones is 1. The summed E-state index contributed by atoms with van der Waals surface area (Å²) in [5.74, 6) is 0.0539. The van der Waals surface area contributed by atoms with Gasteiger partial charge in [-0.2, -0.15) is 0 Å². The van der Waals surface area contributed by atoms with E-state index in [1.807, 2.05) is 35.2 Å². The number of aryl methyl sites for hydroxylation is 2. The molecule has 39 heavy (non-hydrogen) atoms. The van der Waals surface area contributed by atoms with Crippen molar-refractivity contribution in [1.29, 1.82) is 0 Å². The third kappa shape index (κ3) is 7.27. The van der Waals surface area contributed by atoms with Gasteiger partial charge in [-0.3, -0.25) is 9.59 Å². The lowest BCUT2D eigenvalue weighted by Crippen LogP contribution is -2.64. The Kier molecular flexibility index (Phi) is 8.80. The largest absolute Gasteiger partial charge is 0.444 e. The number of carbonyl (C=O) groups is 3. The summed E-state index contributed by atoms with van der Waals surface area (Å²) >= 11 is 0. The first kappa shape index (κ1) is 28.8. The lowest BCUT2D eigenvalue weighted by atomic mass is 9.79. The molecule has 2 fully saturated rings. The minimum atomic E-state index is -1.10. The Hall–Kier alpha value is -3.19. The summed E-state index contributed by atoms with van der Waals surface area (Å²) in [4.78, 5) is 42.2. The summed E-state index contributed by atoms with van der Waals surface area (Å²) in [5.41, 5.74) is 2.52. The van der Waals surface area contributed by atoms with E-state index < -0.39 is 17.2 Å². The third-order valence-corrected chi connectivity index (χ3v) is 7.89. The van der Waals surface area contributed by atoms with E-state index in [2.05, 4.69) is 37.4 Å². The highest BCUT2D eigenvalue weighted by Crippen LogP contribution is 2.36. The van der Waals surface area contributed by atoms with E-state index in [1.165, 1.54) is 16.7 Å². The van der Waals surface area contributed by atoms with E-state index in [1.54, 1.807) is 20.8 Å². The maximum Gasteiger partial charge on any atom is 0.408 e. The van der Waals surface area contributed by atoms with E-state index >= 15 is 0 Å². The predicted octanol–water partition coefficient (Wildman–Crippen LogP) is 5.58. The van der Waals surface area contributed by atoms with Gasteiger partial charge in [0.2, 0.25) is 5.91 Å². The van der Waals surface area contributed by atoms with Crippen molar-refractivity contribution in [3.8, 4) is 0 Å². The summed E-state index contributed by atoms with van der Waals surface area (Å²) in [6.07, 6.45) is 1.34. The minimum Gasteiger partial charge on any atom is -0.444 e. The Morgan fingerprint density at radius 1 is 1.00 bits per heavy atom. The number of amides is 2. The van der Waals surface area contributed by atoms with E-state index in [-0.39, 0.29) is 23.5 Å². The molecule has 2 aliphatic heterocycles. The van der Waals surface area contributed by atoms with Gasteiger partial charge in [-0.1, -0.05) is 48.5 Å². The summed E-state index contributed by atoms with van der Waals surface area (Å²) in [5, 5.41) is 2.94. The Morgan fingerprint density at radius 3 is 2.33 bits per heavy atom. The molecule has 0 spiro atoms. The lowest BCUT2D eigenvalue weighted by Gasteiger charge is -2.44. The second kappa shape index (κ2) is 11.9. The number of carbonyl (C=O) groups excluding carboxylic acids is 3. The van der Waals surface area contributed by atoms with E-state index in [4.69, 9.17) is 9.47 Å². The molecular weight excluding hydrogens is 492 g/mol. The number of benzene rings is 2. The molecule has 210 valence electrons. The zero-order valence-corrected chi connectivity index (χ0v) is 23.9. The molecule has 0 saturated carbocycles. The number of Topliss-reactive ketones (excluding diaryl/α,β-unsaturated/α-hetero) is 1. The molecule has 2 aliphatic rings. The first-order valence-electron chi connectivity index (χ1n) is 14.0. The molecule has 4 rings (SSSR count). The monoisotopic (exact) mass is 534 g/mol. The van der Waals surface area contributed by atoms with Crippen LogP contribution in [-0.2, 0) is 14.3 Å². The first-order chi connectivity index (χ1) is 18.5. The molecule has 7 nitrogen and oxygen atoms in total. The van der Waals surface area contributed by atoms with Crippen LogP contribution in [0.1, 0.15) is 79.4 Å². The molecule has 0 aromatic heterocycles. The molecule has 2 atom stereocenters. The highest BCUT2D eigenvalue weighted by Gasteiger charge is 2.46. The smallest absolute Gasteiger partial charge is 0.408 e. The zero-order valence-electron chi connectivity index (χ0n) is 23.9. The van der Waals surface area contributed by atoms with Crippen LogP contribution in [0.3, 0.4) is 0 Å². The molecule has 2 saturated heterocycles. The van der Waals surface area contributed by atoms with Gasteiger partial charge in [-0.25, -0.2) is 4.79 Å². The molecule has 2 aromatic carbocycles. The Bertz CT molecular complexity index is 1180. The molecule has 2 amide bonds. The topological polar surface area (TPSA) is 84.9 Å². The number of rotatable bonds is 6. The zero-order chi connectivity index (χ0) is 28.2. The lowest BCUT2D eigenvalue weighted by molar-refractivity contribution is -0.144. The number of nitrogens with one attached hydrogen (secondary N) is 1. The average molecular weight is 535 g/mol. The standard InChI is InChI=1S/C32H42N2O5/c1-22-11-12-26(17-23(22)2)27-18-24(19-28(35)25-9-7-6-8-10-25)20-34(21-27)29(36)32(13-15-38-16-14-32)33-30(37)39-31(3,4)5/h6-12,17,24,27H,13-16,18-21H2,1-5H3,(H,33,37). The van der Waals surface area contributed by atoms with Crippen LogP contribution in [0, 0.1) is 19.8 Å². The van der Waals surface area contributed by atoms with E-state index in [0.717, 1.165) is 6.42 Å². The van der Waals surface area contributed by atoms with Gasteiger partial charge < -0.3 is 19.7 Å². The van der Waals surface area contributed by atoms with Crippen LogP contribution in [0.5, 0.6) is 0 Å². The molecule has 2 unspecified atom stereocenters. The predicted molar refractivity (Wildman–Crippen MR) is 151 cm³/mol. The number of alkyl carbamates (subject to hydrolysis) is 1. The quantitative estimate of drug-likeness (QED) is 0.489. The van der Waals surface area contributed by atoms with Crippen molar-refractivity contribution < 1.29 is 23.9 Å². The van der Waals surface area contributed by atoms with Gasteiger partial charge in [0.15, 0.2) is 5.78 Å². The second-order valence-corrected chi connectivity index (χ2v) is 12.2. The van der Waals surface area contributed by atoms with Crippen LogP contribution in [0.15, 0.2) is 48.5 Å². The molecule has 2 heterocycles. The average Bonchev–Trinajstić information content (AvgIpc) is 2.89. The molecule has 1 N–H and O–H groups in total. The SMILES string of the molecule is Cc1ccc(C2CC(CC(=O)c3ccccc3)CN(C(=O)C3(NC(=O)OC(C)(C)C)CCOCC3)C2)cc1C. The third-order valence-electron chi connectivity index (χ3n) is 7.89. The van der Waals surface area contributed by atoms with Crippen LogP contribution in [0.4, 0.5) is 4.79 Å². The highest BCUT2D eigenvalue weighted by atomic mass is 16.6. The van der Waals surface area contributed by atoms with Gasteiger partial charge in [0.05, 0.1) is 0 Å². The minimum absolute atomic E-state index is 0.000400. The summed E-state index contributed by atoms with van der Waals surface area (Å²) in [7, 11) is 0. The maximum atomic E-state index is 14.3. The van der Waals surface area contributed by atoms with Gasteiger partial charge in [-0.15, -0.1) is 0 Å². The van der Waals surface area contributed by atoms with Gasteiger partial charge in [-0.05, 0) is 63.6 Å².